The van der Waals surface area contributed by atoms with E-state index in [1.165, 1.54) is 13.8 Å². The maximum Gasteiger partial charge on any atom is 0.222 e. The van der Waals surface area contributed by atoms with Crippen LogP contribution in [-0.2, 0) is 95.3 Å². The van der Waals surface area contributed by atoms with E-state index in [-0.39, 0.29) is 184 Å². The highest BCUT2D eigenvalue weighted by atomic mass is 16.7. The number of hydrogen-bond acceptors (Lipinski definition) is 29. The first-order valence-corrected chi connectivity index (χ1v) is 41.4. The molecule has 16 atom stereocenters. The molecule has 114 heavy (non-hydrogen) atoms. The highest BCUT2D eigenvalue weighted by molar-refractivity contribution is 5.81. The Morgan fingerprint density at radius 1 is 0.360 bits per heavy atom. The number of carbonyl (C=O) groups excluding carboxylic acids is 10. The van der Waals surface area contributed by atoms with Gasteiger partial charge in [0.15, 0.2) is 12.6 Å². The van der Waals surface area contributed by atoms with Gasteiger partial charge in [0.1, 0.15) is 89.6 Å². The number of amides is 6. The second-order valence-corrected chi connectivity index (χ2v) is 30.4. The van der Waals surface area contributed by atoms with Crippen molar-refractivity contribution in [1.29, 1.82) is 0 Å². The minimum absolute atomic E-state index is 0.0231. The van der Waals surface area contributed by atoms with Gasteiger partial charge in [-0.15, -0.1) is 0 Å². The first kappa shape index (κ1) is 103. The summed E-state index contributed by atoms with van der Waals surface area (Å²) in [5, 5.41) is 107. The van der Waals surface area contributed by atoms with Gasteiger partial charge in [0.25, 0.3) is 0 Å². The molecule has 3 saturated heterocycles. The fraction of sp³-hybridized carbons (Fsp3) is 0.873. The van der Waals surface area contributed by atoms with Gasteiger partial charge >= 0.3 is 0 Å². The van der Waals surface area contributed by atoms with Crippen molar-refractivity contribution in [1.82, 2.24) is 31.9 Å². The predicted octanol–water partition coefficient (Wildman–Crippen LogP) is 0.699. The van der Waals surface area contributed by atoms with Crippen LogP contribution in [0.25, 0.3) is 0 Å². The highest BCUT2D eigenvalue weighted by Gasteiger charge is 2.47. The molecular weight excluding hydrogens is 1500 g/mol. The minimum Gasteiger partial charge on any atom is -0.394 e. The van der Waals surface area contributed by atoms with Gasteiger partial charge in [-0.05, 0) is 104 Å². The van der Waals surface area contributed by atoms with Gasteiger partial charge < -0.3 is 125 Å². The third kappa shape index (κ3) is 44.5. The van der Waals surface area contributed by atoms with Crippen molar-refractivity contribution >= 4 is 58.6 Å². The number of Topliss-reactive ketones (excluding diaryl/α,β-unsaturated/α-hetero) is 4. The zero-order chi connectivity index (χ0) is 84.1. The van der Waals surface area contributed by atoms with Crippen LogP contribution in [0.5, 0.6) is 0 Å². The monoisotopic (exact) mass is 1640 g/mol. The molecule has 35 heteroatoms. The number of ketones is 4. The molecule has 0 aromatic rings. The van der Waals surface area contributed by atoms with Crippen molar-refractivity contribution in [2.24, 2.45) is 5.92 Å². The fourth-order valence-electron chi connectivity index (χ4n) is 13.1. The molecule has 0 bridgehead atoms. The summed E-state index contributed by atoms with van der Waals surface area (Å²) in [5.41, 5.74) is -1.42. The summed E-state index contributed by atoms with van der Waals surface area (Å²) >= 11 is 0. The molecule has 3 heterocycles. The van der Waals surface area contributed by atoms with Crippen LogP contribution >= 0.6 is 0 Å². The van der Waals surface area contributed by atoms with Crippen LogP contribution in [0.1, 0.15) is 227 Å². The number of carbonyl (C=O) groups is 10. The normalized spacial score (nSPS) is 24.1. The van der Waals surface area contributed by atoms with Gasteiger partial charge in [0, 0.05) is 143 Å². The number of rotatable bonds is 68. The fourth-order valence-corrected chi connectivity index (χ4v) is 13.1. The van der Waals surface area contributed by atoms with E-state index in [9.17, 15) is 93.9 Å². The zero-order valence-corrected chi connectivity index (χ0v) is 68.2. The lowest BCUT2D eigenvalue weighted by Gasteiger charge is -2.42. The molecule has 35 nitrogen and oxygen atoms in total. The standard InChI is InChI=1S/C79H140N6O29/c1-53(2)109-40-18-7-6-17-36-80-66(96)31-22-32-68(98)85-79(51-107-44-34-60(94)27-13-9-11-25-58(92)29-15-20-41-110-77-54(3)71(99)72(100)62(47-87)113-77,52-108-45-35-67(97)82-38-23-37-81-65(95)30-16-21-42-111-78-70(84-56(5)90)76(104)74(102)63(48-88)114-78)50-106-43-33-59(93)26-12-8-10-24-57(91)28-14-19-39-105-49-64-69(83-55(4)89)75(103)73(101)61(46-86)112-64/h53-54,61-64,69-78,86-88,99-104H,6-52H2,1-5H3,(H,80,96)(H,81,95)(H,82,97)(H,83,89)(H,84,90)(H,85,98)/t54?,61?,62?,63?,64-,69?,70?,71+,72-,73-,74?,75+,76+,77+,78+,79?/m0/s1. The van der Waals surface area contributed by atoms with Gasteiger partial charge in [-0.1, -0.05) is 32.6 Å². The number of ether oxygens (including phenoxy) is 10. The average Bonchev–Trinajstić information content (AvgIpc) is 0.821. The van der Waals surface area contributed by atoms with Gasteiger partial charge in [-0.25, -0.2) is 0 Å². The second-order valence-electron chi connectivity index (χ2n) is 30.4. The van der Waals surface area contributed by atoms with E-state index < -0.39 is 135 Å². The third-order valence-corrected chi connectivity index (χ3v) is 19.9. The van der Waals surface area contributed by atoms with Crippen LogP contribution in [0.4, 0.5) is 0 Å². The van der Waals surface area contributed by atoms with Crippen molar-refractivity contribution in [3.05, 3.63) is 0 Å². The Labute approximate surface area is 671 Å². The molecule has 3 aliphatic rings. The summed E-state index contributed by atoms with van der Waals surface area (Å²) in [6.07, 6.45) is -1.15. The van der Waals surface area contributed by atoms with E-state index in [1.807, 2.05) is 13.8 Å². The summed E-state index contributed by atoms with van der Waals surface area (Å²) in [6, 6.07) is -2.04. The maximum atomic E-state index is 14.0. The molecule has 0 spiro atoms. The lowest BCUT2D eigenvalue weighted by atomic mass is 9.92. The Balaban J connectivity index is 1.56. The second kappa shape index (κ2) is 61.1. The van der Waals surface area contributed by atoms with E-state index in [4.69, 9.17) is 47.4 Å². The van der Waals surface area contributed by atoms with Crippen LogP contribution in [0.15, 0.2) is 0 Å². The van der Waals surface area contributed by atoms with E-state index in [2.05, 4.69) is 31.9 Å². The summed E-state index contributed by atoms with van der Waals surface area (Å²) in [6.45, 7) is 7.87. The van der Waals surface area contributed by atoms with Gasteiger partial charge in [-0.2, -0.15) is 0 Å². The summed E-state index contributed by atoms with van der Waals surface area (Å²) in [7, 11) is 0. The third-order valence-electron chi connectivity index (χ3n) is 19.9. The predicted molar refractivity (Wildman–Crippen MR) is 412 cm³/mol. The first-order valence-electron chi connectivity index (χ1n) is 41.4. The average molecular weight is 1640 g/mol. The number of unbranched alkanes of at least 4 members (excludes halogenated alkanes) is 10. The summed E-state index contributed by atoms with van der Waals surface area (Å²) < 4.78 is 58.1. The Bertz CT molecular complexity index is 2720. The Hall–Kier alpha value is -5.26. The Kier molecular flexibility index (Phi) is 55.2. The van der Waals surface area contributed by atoms with E-state index in [0.717, 1.165) is 25.7 Å². The molecule has 6 amide bonds. The lowest BCUT2D eigenvalue weighted by Crippen LogP contribution is -2.65. The van der Waals surface area contributed by atoms with E-state index in [1.54, 1.807) is 6.92 Å². The zero-order valence-electron chi connectivity index (χ0n) is 68.2. The molecule has 15 N–H and O–H groups in total. The Morgan fingerprint density at radius 3 is 1.25 bits per heavy atom. The van der Waals surface area contributed by atoms with Crippen LogP contribution < -0.4 is 31.9 Å². The van der Waals surface area contributed by atoms with Gasteiger partial charge in [0.2, 0.25) is 35.4 Å². The highest BCUT2D eigenvalue weighted by Crippen LogP contribution is 2.28. The molecule has 0 aliphatic carbocycles. The van der Waals surface area contributed by atoms with Crippen LogP contribution in [0.2, 0.25) is 0 Å². The molecular formula is C79H140N6O29. The molecule has 660 valence electrons. The van der Waals surface area contributed by atoms with Crippen molar-refractivity contribution < 1.29 is 141 Å². The quantitative estimate of drug-likeness (QED) is 0.0373. The number of aliphatic hydroxyl groups is 9. The lowest BCUT2D eigenvalue weighted by molar-refractivity contribution is -0.282. The molecule has 0 aromatic carbocycles. The van der Waals surface area contributed by atoms with Crippen molar-refractivity contribution in [2.45, 2.75) is 325 Å². The maximum absolute atomic E-state index is 14.0. The molecule has 8 unspecified atom stereocenters. The van der Waals surface area contributed by atoms with Gasteiger partial charge in [0.05, 0.1) is 84.3 Å². The SMILES string of the molecule is CC(=O)NC1[C@H](OCCCCC(=O)NCCCNC(=O)CCOCC(COCCC(=O)CCCCCC(=O)CCCCOC[C@@H]2OC(CO)[C@H](O)[C@H](O)C2NC(C)=O)(COCCC(=O)CCCCCC(=O)CCCCO[C@@H]2OC(CO)[C@H](O)[C@H](O)C2C)NC(=O)CCCC(=O)NCCCCCCOC(C)C)OC(CO)C(O)[C@@H]1O. The number of aliphatic hydroxyl groups excluding tert-OH is 9. The van der Waals surface area contributed by atoms with Crippen molar-refractivity contribution in [2.75, 3.05) is 112 Å². The topological polar surface area (TPSA) is 517 Å². The molecule has 3 rings (SSSR count). The van der Waals surface area contributed by atoms with Crippen molar-refractivity contribution in [3.8, 4) is 0 Å². The van der Waals surface area contributed by atoms with E-state index >= 15 is 0 Å². The van der Waals surface area contributed by atoms with Crippen LogP contribution in [0, 0.1) is 5.92 Å². The first-order chi connectivity index (χ1) is 54.6. The molecule has 3 aliphatic heterocycles. The van der Waals surface area contributed by atoms with Crippen LogP contribution in [0.3, 0.4) is 0 Å². The van der Waals surface area contributed by atoms with Gasteiger partial charge in [-0.3, -0.25) is 47.9 Å². The largest absolute Gasteiger partial charge is 0.394 e. The summed E-state index contributed by atoms with van der Waals surface area (Å²) in [5.74, 6) is -2.75. The summed E-state index contributed by atoms with van der Waals surface area (Å²) in [4.78, 5) is 128. The minimum atomic E-state index is -1.46. The smallest absolute Gasteiger partial charge is 0.222 e. The molecule has 0 saturated carbocycles. The number of nitrogens with one attached hydrogen (secondary N) is 6. The molecule has 0 aromatic heterocycles. The van der Waals surface area contributed by atoms with E-state index in [0.29, 0.717) is 122 Å². The van der Waals surface area contributed by atoms with Crippen molar-refractivity contribution in [3.63, 3.8) is 0 Å². The number of hydrogen-bond donors (Lipinski definition) is 15. The molecule has 3 fully saturated rings. The Morgan fingerprint density at radius 2 is 0.737 bits per heavy atom. The van der Waals surface area contributed by atoms with Crippen LogP contribution in [-0.4, -0.2) is 314 Å². The molecule has 0 radical (unpaired) electrons.